The number of rotatable bonds is 6. The standard InChI is InChI=1S/C18H14ClF5N4O3/c19-13-10(20)3-2-9(14(13)21)15(28-6-11(16(25)29)27-17(28)30)8-1-4-12(26-5-8)31-7-18(22,23)24/h1-5,11,15H,6-7H2,(H2,25,29)(H,27,30)/t11?,15-/m0/s1. The number of amides is 3. The summed E-state index contributed by atoms with van der Waals surface area (Å²) in [6.45, 7) is -1.82. The maximum absolute atomic E-state index is 14.8. The van der Waals surface area contributed by atoms with Crippen LogP contribution in [0.2, 0.25) is 5.02 Å². The summed E-state index contributed by atoms with van der Waals surface area (Å²) < 4.78 is 69.9. The van der Waals surface area contributed by atoms with Gasteiger partial charge in [-0.3, -0.25) is 4.79 Å². The Morgan fingerprint density at radius 2 is 2.03 bits per heavy atom. The van der Waals surface area contributed by atoms with Crippen LogP contribution in [0.25, 0.3) is 0 Å². The van der Waals surface area contributed by atoms with Crippen LogP contribution >= 0.6 is 11.6 Å². The lowest BCUT2D eigenvalue weighted by Gasteiger charge is -2.28. The Labute approximate surface area is 176 Å². The number of pyridine rings is 1. The van der Waals surface area contributed by atoms with Gasteiger partial charge in [-0.05, 0) is 17.7 Å². The third-order valence-electron chi connectivity index (χ3n) is 4.41. The van der Waals surface area contributed by atoms with E-state index in [9.17, 15) is 31.5 Å². The molecule has 1 unspecified atom stereocenters. The first kappa shape index (κ1) is 22.5. The minimum Gasteiger partial charge on any atom is -0.468 e. The van der Waals surface area contributed by atoms with Gasteiger partial charge in [-0.1, -0.05) is 17.7 Å². The molecule has 1 aliphatic heterocycles. The number of nitrogens with two attached hydrogens (primary N) is 1. The Morgan fingerprint density at radius 3 is 2.58 bits per heavy atom. The summed E-state index contributed by atoms with van der Waals surface area (Å²) in [6.07, 6.45) is -3.51. The van der Waals surface area contributed by atoms with Crippen molar-refractivity contribution in [3.8, 4) is 5.88 Å². The summed E-state index contributed by atoms with van der Waals surface area (Å²) in [4.78, 5) is 28.7. The normalized spacial score (nSPS) is 17.4. The van der Waals surface area contributed by atoms with Gasteiger partial charge >= 0.3 is 12.2 Å². The molecule has 3 amide bonds. The fraction of sp³-hybridized carbons (Fsp3) is 0.278. The Hall–Kier alpha value is -3.15. The smallest absolute Gasteiger partial charge is 0.422 e. The van der Waals surface area contributed by atoms with Gasteiger partial charge in [-0.25, -0.2) is 18.6 Å². The first-order valence-electron chi connectivity index (χ1n) is 8.63. The molecule has 1 saturated heterocycles. The van der Waals surface area contributed by atoms with Crippen molar-refractivity contribution in [1.29, 1.82) is 0 Å². The van der Waals surface area contributed by atoms with E-state index in [-0.39, 0.29) is 23.6 Å². The topological polar surface area (TPSA) is 97.6 Å². The second-order valence-corrected chi connectivity index (χ2v) is 6.94. The first-order valence-corrected chi connectivity index (χ1v) is 9.01. The Bertz CT molecular complexity index is 1000. The van der Waals surface area contributed by atoms with Crippen LogP contribution in [-0.4, -0.2) is 47.2 Å². The van der Waals surface area contributed by atoms with E-state index in [1.165, 1.54) is 6.07 Å². The fourth-order valence-electron chi connectivity index (χ4n) is 3.02. The quantitative estimate of drug-likeness (QED) is 0.507. The average Bonchev–Trinajstić information content (AvgIpc) is 3.08. The summed E-state index contributed by atoms with van der Waals surface area (Å²) in [6, 6.07) is 1.21. The predicted molar refractivity (Wildman–Crippen MR) is 97.2 cm³/mol. The van der Waals surface area contributed by atoms with Gasteiger partial charge in [0.1, 0.15) is 22.7 Å². The number of hydrogen-bond acceptors (Lipinski definition) is 4. The lowest BCUT2D eigenvalue weighted by Crippen LogP contribution is -2.39. The molecule has 1 aromatic carbocycles. The van der Waals surface area contributed by atoms with Crippen LogP contribution in [0.1, 0.15) is 17.2 Å². The number of ether oxygens (including phenoxy) is 1. The molecule has 1 aromatic heterocycles. The highest BCUT2D eigenvalue weighted by molar-refractivity contribution is 6.31. The number of carbonyl (C=O) groups is 2. The van der Waals surface area contributed by atoms with E-state index in [4.69, 9.17) is 17.3 Å². The van der Waals surface area contributed by atoms with Gasteiger partial charge in [0, 0.05) is 17.8 Å². The molecule has 2 aromatic rings. The second kappa shape index (κ2) is 8.53. The monoisotopic (exact) mass is 464 g/mol. The molecule has 0 radical (unpaired) electrons. The van der Waals surface area contributed by atoms with Gasteiger partial charge in [0.05, 0.1) is 12.6 Å². The van der Waals surface area contributed by atoms with Crippen molar-refractivity contribution in [1.82, 2.24) is 15.2 Å². The van der Waals surface area contributed by atoms with Crippen LogP contribution in [0.4, 0.5) is 26.7 Å². The van der Waals surface area contributed by atoms with Crippen molar-refractivity contribution in [2.24, 2.45) is 5.73 Å². The third kappa shape index (κ3) is 4.95. The van der Waals surface area contributed by atoms with E-state index in [0.717, 1.165) is 29.3 Å². The van der Waals surface area contributed by atoms with Gasteiger partial charge in [0.2, 0.25) is 11.8 Å². The van der Waals surface area contributed by atoms with E-state index in [1.54, 1.807) is 0 Å². The van der Waals surface area contributed by atoms with E-state index in [1.807, 2.05) is 0 Å². The molecule has 13 heteroatoms. The fourth-order valence-corrected chi connectivity index (χ4v) is 3.19. The number of alkyl halides is 3. The van der Waals surface area contributed by atoms with Crippen molar-refractivity contribution < 1.29 is 36.3 Å². The van der Waals surface area contributed by atoms with Crippen molar-refractivity contribution in [3.05, 3.63) is 58.2 Å². The van der Waals surface area contributed by atoms with Crippen molar-refractivity contribution >= 4 is 23.5 Å². The molecular weight excluding hydrogens is 451 g/mol. The van der Waals surface area contributed by atoms with Crippen LogP contribution < -0.4 is 15.8 Å². The molecule has 3 rings (SSSR count). The summed E-state index contributed by atoms with van der Waals surface area (Å²) in [5.74, 6) is -3.38. The number of benzene rings is 1. The molecule has 0 aliphatic carbocycles. The molecule has 31 heavy (non-hydrogen) atoms. The zero-order chi connectivity index (χ0) is 22.9. The van der Waals surface area contributed by atoms with Crippen LogP contribution in [0, 0.1) is 11.6 Å². The molecule has 2 atom stereocenters. The summed E-state index contributed by atoms with van der Waals surface area (Å²) >= 11 is 5.66. The van der Waals surface area contributed by atoms with Crippen LogP contribution in [0.3, 0.4) is 0 Å². The molecule has 1 fully saturated rings. The van der Waals surface area contributed by atoms with Crippen molar-refractivity contribution in [3.63, 3.8) is 0 Å². The molecule has 0 bridgehead atoms. The number of halogens is 6. The Kier molecular flexibility index (Phi) is 6.20. The van der Waals surface area contributed by atoms with E-state index >= 15 is 0 Å². The van der Waals surface area contributed by atoms with Gasteiger partial charge in [0.25, 0.3) is 0 Å². The third-order valence-corrected chi connectivity index (χ3v) is 4.76. The van der Waals surface area contributed by atoms with Crippen LogP contribution in [0.5, 0.6) is 5.88 Å². The number of nitrogens with one attached hydrogen (secondary N) is 1. The van der Waals surface area contributed by atoms with Gasteiger partial charge in [-0.15, -0.1) is 0 Å². The van der Waals surface area contributed by atoms with Crippen molar-refractivity contribution in [2.45, 2.75) is 18.3 Å². The molecule has 7 nitrogen and oxygen atoms in total. The number of urea groups is 1. The summed E-state index contributed by atoms with van der Waals surface area (Å²) in [5, 5.41) is 1.52. The van der Waals surface area contributed by atoms with E-state index < -0.39 is 53.5 Å². The summed E-state index contributed by atoms with van der Waals surface area (Å²) in [7, 11) is 0. The Balaban J connectivity index is 2.00. The lowest BCUT2D eigenvalue weighted by atomic mass is 9.97. The Morgan fingerprint density at radius 1 is 1.32 bits per heavy atom. The largest absolute Gasteiger partial charge is 0.468 e. The molecule has 2 heterocycles. The second-order valence-electron chi connectivity index (χ2n) is 6.56. The summed E-state index contributed by atoms with van der Waals surface area (Å²) in [5.41, 5.74) is 5.13. The molecule has 0 spiro atoms. The average molecular weight is 465 g/mol. The number of nitrogens with zero attached hydrogens (tertiary/aromatic N) is 2. The molecular formula is C18H14ClF5N4O3. The van der Waals surface area contributed by atoms with Crippen LogP contribution in [-0.2, 0) is 4.79 Å². The number of aromatic nitrogens is 1. The van der Waals surface area contributed by atoms with Gasteiger partial charge in [-0.2, -0.15) is 13.2 Å². The lowest BCUT2D eigenvalue weighted by molar-refractivity contribution is -0.154. The molecule has 3 N–H and O–H groups in total. The van der Waals surface area contributed by atoms with Crippen LogP contribution in [0.15, 0.2) is 30.5 Å². The highest BCUT2D eigenvalue weighted by Gasteiger charge is 2.39. The van der Waals surface area contributed by atoms with E-state index in [2.05, 4.69) is 15.0 Å². The zero-order valence-electron chi connectivity index (χ0n) is 15.4. The highest BCUT2D eigenvalue weighted by atomic mass is 35.5. The van der Waals surface area contributed by atoms with Gasteiger partial charge < -0.3 is 20.7 Å². The predicted octanol–water partition coefficient (Wildman–Crippen LogP) is 2.92. The highest BCUT2D eigenvalue weighted by Crippen LogP contribution is 2.35. The zero-order valence-corrected chi connectivity index (χ0v) is 16.2. The van der Waals surface area contributed by atoms with Crippen molar-refractivity contribution in [2.75, 3.05) is 13.2 Å². The minimum absolute atomic E-state index is 0.140. The van der Waals surface area contributed by atoms with Gasteiger partial charge in [0.15, 0.2) is 6.61 Å². The molecule has 166 valence electrons. The minimum atomic E-state index is -4.58. The maximum Gasteiger partial charge on any atom is 0.422 e. The maximum atomic E-state index is 14.8. The number of carbonyl (C=O) groups excluding carboxylic acids is 2. The molecule has 1 aliphatic rings. The first-order chi connectivity index (χ1) is 14.5. The van der Waals surface area contributed by atoms with E-state index in [0.29, 0.717) is 0 Å². The number of hydrogen-bond donors (Lipinski definition) is 2. The SMILES string of the molecule is NC(=O)C1CN([C@@H](c2ccc(OCC(F)(F)F)nc2)c2ccc(F)c(Cl)c2F)C(=O)N1. The number of primary amides is 1. The molecule has 0 saturated carbocycles.